The van der Waals surface area contributed by atoms with E-state index in [0.29, 0.717) is 37.1 Å². The Morgan fingerprint density at radius 1 is 0.933 bits per heavy atom. The summed E-state index contributed by atoms with van der Waals surface area (Å²) in [6, 6.07) is -0.105. The molecule has 0 spiro atoms. The number of aliphatic hydroxyl groups excluding tert-OH is 1. The summed E-state index contributed by atoms with van der Waals surface area (Å²) in [6.07, 6.45) is 3.35. The Kier molecular flexibility index (Phi) is 15.9. The van der Waals surface area contributed by atoms with Crippen LogP contribution < -0.4 is 0 Å². The third kappa shape index (κ3) is 15.8. The molecule has 0 rings (SSSR count). The molecule has 182 valence electrons. The van der Waals surface area contributed by atoms with Gasteiger partial charge in [0.1, 0.15) is 25.8 Å². The summed E-state index contributed by atoms with van der Waals surface area (Å²) >= 11 is 0. The number of phosphoric acid groups is 1. The molecule has 2 atom stereocenters. The first kappa shape index (κ1) is 30.1. The van der Waals surface area contributed by atoms with E-state index in [0.717, 1.165) is 25.7 Å². The molecule has 0 fully saturated rings. The quantitative estimate of drug-likeness (QED) is 0.0758. The number of aliphatic hydroxyl groups is 1. The minimum atomic E-state index is -4.08. The van der Waals surface area contributed by atoms with E-state index < -0.39 is 22.7 Å². The van der Waals surface area contributed by atoms with Gasteiger partial charge < -0.3 is 33.6 Å². The first-order chi connectivity index (χ1) is 14.0. The summed E-state index contributed by atoms with van der Waals surface area (Å²) in [5.74, 6) is 0. The Bertz CT molecular complexity index is 475. The van der Waals surface area contributed by atoms with Crippen molar-refractivity contribution in [1.29, 1.82) is 0 Å². The molecule has 5 N–H and O–H groups in total. The van der Waals surface area contributed by atoms with E-state index in [4.69, 9.17) is 28.2 Å². The molecular formula is C18H43NO9PSi+. The molecule has 0 saturated heterocycles. The Morgan fingerprint density at radius 2 is 1.57 bits per heavy atom. The van der Waals surface area contributed by atoms with E-state index in [1.165, 1.54) is 0 Å². The average molecular weight is 477 g/mol. The summed E-state index contributed by atoms with van der Waals surface area (Å²) < 4.78 is 27.9. The third-order valence-corrected chi connectivity index (χ3v) is 7.17. The van der Waals surface area contributed by atoms with Crippen molar-refractivity contribution in [2.45, 2.75) is 65.0 Å². The van der Waals surface area contributed by atoms with Crippen LogP contribution in [0.15, 0.2) is 0 Å². The van der Waals surface area contributed by atoms with Gasteiger partial charge in [0, 0.05) is 12.7 Å². The number of phosphoric ester groups is 1. The lowest BCUT2D eigenvalue weighted by Gasteiger charge is -2.38. The second-order valence-electron chi connectivity index (χ2n) is 7.68. The van der Waals surface area contributed by atoms with Crippen LogP contribution >= 0.6 is 7.82 Å². The van der Waals surface area contributed by atoms with Gasteiger partial charge in [-0.1, -0.05) is 26.2 Å². The standard InChI is InChI=1S/C18H42NO9PSi/c1-4-7-8-9-13-27-29(21,22)28-14-11-19(5-2,6-3)16-18(20)17-26-12-10-15-30(23,24)25/h18,20,23-25H,4-17H2,1-3H3/p+1. The largest absolute Gasteiger partial charge is 0.492 e. The lowest BCUT2D eigenvalue weighted by molar-refractivity contribution is -0.927. The van der Waals surface area contributed by atoms with Crippen LogP contribution in [0.4, 0.5) is 0 Å². The topological polar surface area (TPSA) is 146 Å². The van der Waals surface area contributed by atoms with E-state index in [1.807, 2.05) is 13.8 Å². The van der Waals surface area contributed by atoms with E-state index in [1.54, 1.807) is 0 Å². The van der Waals surface area contributed by atoms with Gasteiger partial charge in [-0.25, -0.2) is 4.57 Å². The zero-order valence-electron chi connectivity index (χ0n) is 18.7. The van der Waals surface area contributed by atoms with Crippen LogP contribution in [-0.4, -0.2) is 96.4 Å². The van der Waals surface area contributed by atoms with Crippen molar-refractivity contribution in [3.63, 3.8) is 0 Å². The molecule has 2 unspecified atom stereocenters. The fourth-order valence-electron chi connectivity index (χ4n) is 3.12. The zero-order valence-corrected chi connectivity index (χ0v) is 20.6. The molecule has 12 heteroatoms. The molecule has 0 aromatic carbocycles. The van der Waals surface area contributed by atoms with Crippen molar-refractivity contribution in [2.75, 3.05) is 52.6 Å². The molecule has 0 aliphatic rings. The third-order valence-electron chi connectivity index (χ3n) is 5.12. The van der Waals surface area contributed by atoms with Crippen LogP contribution in [0.3, 0.4) is 0 Å². The minimum absolute atomic E-state index is 0.0359. The van der Waals surface area contributed by atoms with Gasteiger partial charge in [0.05, 0.1) is 26.3 Å². The number of hydrogen-bond donors (Lipinski definition) is 5. The lowest BCUT2D eigenvalue weighted by Crippen LogP contribution is -2.54. The molecule has 0 bridgehead atoms. The Hall–Kier alpha value is 0.0869. The number of quaternary nitrogens is 1. The highest BCUT2D eigenvalue weighted by atomic mass is 31.2. The average Bonchev–Trinajstić information content (AvgIpc) is 2.65. The van der Waals surface area contributed by atoms with E-state index in [9.17, 15) is 14.6 Å². The van der Waals surface area contributed by atoms with Gasteiger partial charge in [0.15, 0.2) is 0 Å². The predicted molar refractivity (Wildman–Crippen MR) is 116 cm³/mol. The fourth-order valence-corrected chi connectivity index (χ4v) is 4.48. The number of likely N-dealkylation sites (N-methyl/N-ethyl adjacent to an activating group) is 1. The van der Waals surface area contributed by atoms with Crippen LogP contribution in [0.5, 0.6) is 0 Å². The molecule has 0 aromatic rings. The van der Waals surface area contributed by atoms with E-state index >= 15 is 0 Å². The zero-order chi connectivity index (χ0) is 23.1. The molecular weight excluding hydrogens is 433 g/mol. The lowest BCUT2D eigenvalue weighted by atomic mass is 10.2. The second-order valence-corrected chi connectivity index (χ2v) is 11.2. The van der Waals surface area contributed by atoms with Gasteiger partial charge in [0.25, 0.3) is 0 Å². The Labute approximate surface area is 182 Å². The predicted octanol–water partition coefficient (Wildman–Crippen LogP) is 1.24. The second kappa shape index (κ2) is 15.8. The van der Waals surface area contributed by atoms with Crippen LogP contribution in [0.25, 0.3) is 0 Å². The van der Waals surface area contributed by atoms with Gasteiger partial charge in [-0.15, -0.1) is 0 Å². The van der Waals surface area contributed by atoms with Crippen molar-refractivity contribution < 1.29 is 47.2 Å². The van der Waals surface area contributed by atoms with Crippen molar-refractivity contribution in [3.8, 4) is 0 Å². The molecule has 0 heterocycles. The molecule has 30 heavy (non-hydrogen) atoms. The van der Waals surface area contributed by atoms with Gasteiger partial charge in [0.2, 0.25) is 0 Å². The SMILES string of the molecule is CCCCCCOP(=O)(O)OCC[N+](CC)(CC)CC(O)COCCC[Si](O)(O)O. The van der Waals surface area contributed by atoms with Crippen molar-refractivity contribution in [3.05, 3.63) is 0 Å². The van der Waals surface area contributed by atoms with E-state index in [2.05, 4.69) is 6.92 Å². The van der Waals surface area contributed by atoms with Crippen LogP contribution in [0.2, 0.25) is 6.04 Å². The van der Waals surface area contributed by atoms with E-state index in [-0.39, 0.29) is 32.5 Å². The number of ether oxygens (including phenoxy) is 1. The van der Waals surface area contributed by atoms with Gasteiger partial charge >= 0.3 is 16.6 Å². The monoisotopic (exact) mass is 476 g/mol. The summed E-state index contributed by atoms with van der Waals surface area (Å²) in [5.41, 5.74) is 0. The maximum atomic E-state index is 12.0. The Balaban J connectivity index is 4.29. The molecule has 0 radical (unpaired) electrons. The molecule has 0 aliphatic heterocycles. The van der Waals surface area contributed by atoms with Crippen molar-refractivity contribution in [2.24, 2.45) is 0 Å². The van der Waals surface area contributed by atoms with Crippen LogP contribution in [0, 0.1) is 0 Å². The maximum Gasteiger partial charge on any atom is 0.492 e. The number of hydrogen-bond acceptors (Lipinski definition) is 8. The summed E-state index contributed by atoms with van der Waals surface area (Å²) in [7, 11) is -8.12. The molecule has 0 saturated carbocycles. The fraction of sp³-hybridized carbons (Fsp3) is 1.00. The molecule has 0 amide bonds. The summed E-state index contributed by atoms with van der Waals surface area (Å²) in [5, 5.41) is 10.3. The summed E-state index contributed by atoms with van der Waals surface area (Å²) in [4.78, 5) is 36.6. The molecule has 0 aliphatic carbocycles. The van der Waals surface area contributed by atoms with Crippen LogP contribution in [-0.2, 0) is 18.3 Å². The number of nitrogens with zero attached hydrogens (tertiary/aromatic N) is 1. The smallest absolute Gasteiger partial charge is 0.390 e. The normalized spacial score (nSPS) is 15.9. The molecule has 10 nitrogen and oxygen atoms in total. The number of rotatable bonds is 20. The van der Waals surface area contributed by atoms with Gasteiger partial charge in [-0.2, -0.15) is 0 Å². The van der Waals surface area contributed by atoms with Crippen LogP contribution in [0.1, 0.15) is 52.9 Å². The first-order valence-electron chi connectivity index (χ1n) is 10.9. The van der Waals surface area contributed by atoms with Crippen molar-refractivity contribution in [1.82, 2.24) is 0 Å². The number of unbranched alkanes of at least 4 members (excludes halogenated alkanes) is 3. The maximum absolute atomic E-state index is 12.0. The highest BCUT2D eigenvalue weighted by molar-refractivity contribution is 7.47. The highest BCUT2D eigenvalue weighted by Crippen LogP contribution is 2.43. The van der Waals surface area contributed by atoms with Crippen molar-refractivity contribution >= 4 is 16.6 Å². The molecule has 0 aromatic heterocycles. The first-order valence-corrected chi connectivity index (χ1v) is 14.4. The highest BCUT2D eigenvalue weighted by Gasteiger charge is 2.30. The minimum Gasteiger partial charge on any atom is -0.390 e. The summed E-state index contributed by atoms with van der Waals surface area (Å²) in [6.45, 7) is 8.81. The Morgan fingerprint density at radius 3 is 2.13 bits per heavy atom. The van der Waals surface area contributed by atoms with Gasteiger partial charge in [-0.3, -0.25) is 9.05 Å². The van der Waals surface area contributed by atoms with Gasteiger partial charge in [-0.05, 0) is 26.7 Å².